The highest BCUT2D eigenvalue weighted by atomic mass is 15.0. The summed E-state index contributed by atoms with van der Waals surface area (Å²) in [5, 5.41) is 3.76. The van der Waals surface area contributed by atoms with Gasteiger partial charge in [0.05, 0.1) is 0 Å². The second-order valence-electron chi connectivity index (χ2n) is 9.05. The van der Waals surface area contributed by atoms with Crippen molar-refractivity contribution in [2.45, 2.75) is 79.2 Å². The molecule has 4 atom stereocenters. The maximum absolute atomic E-state index is 3.76. The second kappa shape index (κ2) is 5.39. The molecule has 2 fully saturated rings. The van der Waals surface area contributed by atoms with Crippen LogP contribution in [0.1, 0.15) is 73.6 Å². The molecule has 0 aromatic carbocycles. The molecule has 2 rings (SSSR count). The van der Waals surface area contributed by atoms with Crippen LogP contribution in [0.4, 0.5) is 0 Å². The Hall–Kier alpha value is -0.0400. The summed E-state index contributed by atoms with van der Waals surface area (Å²) in [6.45, 7) is 15.4. The molecule has 0 amide bonds. The van der Waals surface area contributed by atoms with E-state index in [4.69, 9.17) is 0 Å². The van der Waals surface area contributed by atoms with E-state index in [9.17, 15) is 0 Å². The second-order valence-corrected chi connectivity index (χ2v) is 9.05. The standard InChI is InChI=1S/C18H35N/c1-13(2)18(6,12-19-17(3,4)5)11-16-10-14-7-8-15(16)9-14/h13-16,19H,7-12H2,1-6H3. The van der Waals surface area contributed by atoms with Gasteiger partial charge >= 0.3 is 0 Å². The lowest BCUT2D eigenvalue weighted by Crippen LogP contribution is -2.45. The summed E-state index contributed by atoms with van der Waals surface area (Å²) in [7, 11) is 0. The first kappa shape index (κ1) is 15.4. The number of hydrogen-bond acceptors (Lipinski definition) is 1. The molecule has 2 aliphatic rings. The number of fused-ring (bicyclic) bond motifs is 2. The Morgan fingerprint density at radius 2 is 1.74 bits per heavy atom. The highest BCUT2D eigenvalue weighted by Gasteiger charge is 2.43. The van der Waals surface area contributed by atoms with E-state index in [0.29, 0.717) is 5.41 Å². The van der Waals surface area contributed by atoms with Crippen molar-refractivity contribution < 1.29 is 0 Å². The molecule has 4 unspecified atom stereocenters. The number of hydrogen-bond donors (Lipinski definition) is 1. The van der Waals surface area contributed by atoms with Crippen molar-refractivity contribution in [1.29, 1.82) is 0 Å². The monoisotopic (exact) mass is 265 g/mol. The van der Waals surface area contributed by atoms with Crippen molar-refractivity contribution in [3.05, 3.63) is 0 Å². The van der Waals surface area contributed by atoms with Crippen molar-refractivity contribution >= 4 is 0 Å². The van der Waals surface area contributed by atoms with E-state index in [1.165, 1.54) is 32.2 Å². The topological polar surface area (TPSA) is 12.0 Å². The molecule has 0 radical (unpaired) electrons. The van der Waals surface area contributed by atoms with Gasteiger partial charge in [-0.3, -0.25) is 0 Å². The SMILES string of the molecule is CC(C)C(C)(CNC(C)(C)C)CC1CC2CCC1C2. The highest BCUT2D eigenvalue weighted by molar-refractivity contribution is 4.94. The van der Waals surface area contributed by atoms with Gasteiger partial charge in [-0.25, -0.2) is 0 Å². The zero-order valence-electron chi connectivity index (χ0n) is 14.1. The molecule has 19 heavy (non-hydrogen) atoms. The van der Waals surface area contributed by atoms with Crippen molar-refractivity contribution in [2.24, 2.45) is 29.1 Å². The highest BCUT2D eigenvalue weighted by Crippen LogP contribution is 2.52. The van der Waals surface area contributed by atoms with Gasteiger partial charge in [-0.2, -0.15) is 0 Å². The Bertz CT molecular complexity index is 301. The molecule has 0 aliphatic heterocycles. The third kappa shape index (κ3) is 3.74. The molecule has 0 heterocycles. The number of rotatable bonds is 5. The molecule has 1 nitrogen and oxygen atoms in total. The first-order valence-electron chi connectivity index (χ1n) is 8.45. The van der Waals surface area contributed by atoms with Crippen LogP contribution in [0, 0.1) is 29.1 Å². The van der Waals surface area contributed by atoms with Gasteiger partial charge in [0.15, 0.2) is 0 Å². The van der Waals surface area contributed by atoms with Crippen LogP contribution in [0.5, 0.6) is 0 Å². The maximum atomic E-state index is 3.76. The average Bonchev–Trinajstić information content (AvgIpc) is 2.87. The minimum atomic E-state index is 0.241. The van der Waals surface area contributed by atoms with Crippen LogP contribution in [0.3, 0.4) is 0 Å². The van der Waals surface area contributed by atoms with Crippen molar-refractivity contribution in [3.63, 3.8) is 0 Å². The van der Waals surface area contributed by atoms with Crippen molar-refractivity contribution in [2.75, 3.05) is 6.54 Å². The van der Waals surface area contributed by atoms with E-state index in [0.717, 1.165) is 23.7 Å². The fraction of sp³-hybridized carbons (Fsp3) is 1.00. The minimum absolute atomic E-state index is 0.241. The molecule has 112 valence electrons. The fourth-order valence-electron chi connectivity index (χ4n) is 4.20. The molecule has 0 saturated heterocycles. The van der Waals surface area contributed by atoms with Gasteiger partial charge in [-0.05, 0) is 75.5 Å². The Balaban J connectivity index is 1.95. The largest absolute Gasteiger partial charge is 0.312 e. The van der Waals surface area contributed by atoms with Crippen LogP contribution in [-0.4, -0.2) is 12.1 Å². The minimum Gasteiger partial charge on any atom is -0.312 e. The first-order valence-corrected chi connectivity index (χ1v) is 8.45. The van der Waals surface area contributed by atoms with Crippen molar-refractivity contribution in [3.8, 4) is 0 Å². The lowest BCUT2D eigenvalue weighted by molar-refractivity contribution is 0.121. The third-order valence-corrected chi connectivity index (χ3v) is 6.03. The van der Waals surface area contributed by atoms with E-state index >= 15 is 0 Å². The molecular formula is C18H35N. The van der Waals surface area contributed by atoms with E-state index in [1.807, 2.05) is 0 Å². The predicted molar refractivity (Wildman–Crippen MR) is 84.3 cm³/mol. The Labute approximate surface area is 120 Å². The third-order valence-electron chi connectivity index (χ3n) is 6.03. The normalized spacial score (nSPS) is 33.9. The molecule has 1 heteroatoms. The summed E-state index contributed by atoms with van der Waals surface area (Å²) >= 11 is 0. The quantitative estimate of drug-likeness (QED) is 0.748. The van der Waals surface area contributed by atoms with Gasteiger partial charge in [0.25, 0.3) is 0 Å². The summed E-state index contributed by atoms with van der Waals surface area (Å²) in [6.07, 6.45) is 7.57. The zero-order chi connectivity index (χ0) is 14.3. The van der Waals surface area contributed by atoms with Gasteiger partial charge in [0.1, 0.15) is 0 Å². The fourth-order valence-corrected chi connectivity index (χ4v) is 4.20. The van der Waals surface area contributed by atoms with Gasteiger partial charge in [-0.1, -0.05) is 27.2 Å². The first-order chi connectivity index (χ1) is 8.70. The van der Waals surface area contributed by atoms with E-state index in [-0.39, 0.29) is 5.54 Å². The van der Waals surface area contributed by atoms with Crippen LogP contribution in [0.2, 0.25) is 0 Å². The lowest BCUT2D eigenvalue weighted by Gasteiger charge is -2.40. The summed E-state index contributed by atoms with van der Waals surface area (Å²) in [5.41, 5.74) is 0.702. The smallest absolute Gasteiger partial charge is 0.00967 e. The average molecular weight is 265 g/mol. The summed E-state index contributed by atoms with van der Waals surface area (Å²) < 4.78 is 0. The lowest BCUT2D eigenvalue weighted by atomic mass is 9.69. The van der Waals surface area contributed by atoms with Crippen molar-refractivity contribution in [1.82, 2.24) is 5.32 Å². The predicted octanol–water partition coefficient (Wildman–Crippen LogP) is 4.86. The van der Waals surface area contributed by atoms with Crippen LogP contribution >= 0.6 is 0 Å². The summed E-state index contributed by atoms with van der Waals surface area (Å²) in [6, 6.07) is 0. The van der Waals surface area contributed by atoms with Crippen LogP contribution < -0.4 is 5.32 Å². The Morgan fingerprint density at radius 3 is 2.16 bits per heavy atom. The number of nitrogens with one attached hydrogen (secondary N) is 1. The van der Waals surface area contributed by atoms with Gasteiger partial charge in [0, 0.05) is 12.1 Å². The van der Waals surface area contributed by atoms with E-state index in [1.54, 1.807) is 6.42 Å². The van der Waals surface area contributed by atoms with Gasteiger partial charge < -0.3 is 5.32 Å². The van der Waals surface area contributed by atoms with Crippen LogP contribution in [0.15, 0.2) is 0 Å². The Morgan fingerprint density at radius 1 is 1.05 bits per heavy atom. The van der Waals surface area contributed by atoms with Crippen LogP contribution in [0.25, 0.3) is 0 Å². The van der Waals surface area contributed by atoms with E-state index < -0.39 is 0 Å². The Kier molecular flexibility index (Phi) is 4.35. The zero-order valence-corrected chi connectivity index (χ0v) is 14.1. The molecule has 0 spiro atoms. The molecule has 2 saturated carbocycles. The van der Waals surface area contributed by atoms with Crippen LogP contribution in [-0.2, 0) is 0 Å². The van der Waals surface area contributed by atoms with Gasteiger partial charge in [0.2, 0.25) is 0 Å². The molecular weight excluding hydrogens is 230 g/mol. The van der Waals surface area contributed by atoms with E-state index in [2.05, 4.69) is 46.9 Å². The summed E-state index contributed by atoms with van der Waals surface area (Å²) in [5.74, 6) is 3.94. The molecule has 1 N–H and O–H groups in total. The molecule has 2 aliphatic carbocycles. The maximum Gasteiger partial charge on any atom is 0.00967 e. The van der Waals surface area contributed by atoms with Gasteiger partial charge in [-0.15, -0.1) is 0 Å². The molecule has 0 aromatic rings. The molecule has 2 bridgehead atoms. The molecule has 0 aromatic heterocycles. The summed E-state index contributed by atoms with van der Waals surface area (Å²) in [4.78, 5) is 0.